The summed E-state index contributed by atoms with van der Waals surface area (Å²) in [5.74, 6) is -0.855. The van der Waals surface area contributed by atoms with E-state index in [-0.39, 0.29) is 17.6 Å². The van der Waals surface area contributed by atoms with Crippen LogP contribution in [0.1, 0.15) is 32.6 Å². The fourth-order valence-electron chi connectivity index (χ4n) is 1.74. The molecule has 0 saturated heterocycles. The van der Waals surface area contributed by atoms with Crippen LogP contribution in [0.3, 0.4) is 0 Å². The van der Waals surface area contributed by atoms with Crippen molar-refractivity contribution in [3.05, 3.63) is 28.2 Å². The minimum absolute atomic E-state index is 0.0701. The number of unbranched alkanes of at least 4 members (excludes halogenated alkanes) is 2. The van der Waals surface area contributed by atoms with Crippen LogP contribution in [0.25, 0.3) is 0 Å². The molecule has 1 aromatic rings. The van der Waals surface area contributed by atoms with Gasteiger partial charge >= 0.3 is 5.97 Å². The third kappa shape index (κ3) is 7.38. The Balaban J connectivity index is 2.30. The van der Waals surface area contributed by atoms with E-state index in [0.717, 1.165) is 17.7 Å². The molecule has 122 valence electrons. The average molecular weight is 364 g/mol. The van der Waals surface area contributed by atoms with E-state index in [0.29, 0.717) is 23.0 Å². The molecule has 0 spiro atoms. The topological polar surface area (TPSA) is 66.4 Å². The third-order valence-corrected chi connectivity index (χ3v) is 4.77. The number of hydrogen-bond acceptors (Lipinski definition) is 3. The number of thioether (sulfide) groups is 1. The quantitative estimate of drug-likeness (QED) is 0.508. The van der Waals surface area contributed by atoms with Crippen LogP contribution in [0.4, 0.5) is 0 Å². The molecule has 1 rings (SSSR count). The highest BCUT2D eigenvalue weighted by Gasteiger charge is 2.15. The van der Waals surface area contributed by atoms with Gasteiger partial charge in [0.2, 0.25) is 5.91 Å². The molecule has 0 aliphatic carbocycles. The van der Waals surface area contributed by atoms with E-state index in [2.05, 4.69) is 5.32 Å². The standard InChI is InChI=1S/C15H19Cl2NO3S/c1-10(22-13-9-11(16)6-7-12(13)17)15(21)18-8-4-2-3-5-14(19)20/h6-7,9-10H,2-5,8H2,1H3,(H,18,21)(H,19,20). The molecule has 2 N–H and O–H groups in total. The van der Waals surface area contributed by atoms with E-state index in [1.807, 2.05) is 6.92 Å². The lowest BCUT2D eigenvalue weighted by Gasteiger charge is -2.13. The lowest BCUT2D eigenvalue weighted by Crippen LogP contribution is -2.31. The number of halogens is 2. The molecule has 0 bridgehead atoms. The van der Waals surface area contributed by atoms with Crippen molar-refractivity contribution < 1.29 is 14.7 Å². The fraction of sp³-hybridized carbons (Fsp3) is 0.467. The summed E-state index contributed by atoms with van der Waals surface area (Å²) in [7, 11) is 0. The van der Waals surface area contributed by atoms with Crippen molar-refractivity contribution in [3.63, 3.8) is 0 Å². The molecule has 0 aliphatic heterocycles. The summed E-state index contributed by atoms with van der Waals surface area (Å²) >= 11 is 13.4. The minimum atomic E-state index is -0.785. The van der Waals surface area contributed by atoms with Gasteiger partial charge in [0.05, 0.1) is 10.3 Å². The molecule has 1 aromatic carbocycles. The number of benzene rings is 1. The molecule has 0 aromatic heterocycles. The fourth-order valence-corrected chi connectivity index (χ4v) is 3.18. The van der Waals surface area contributed by atoms with Gasteiger partial charge in [0.15, 0.2) is 0 Å². The van der Waals surface area contributed by atoms with Crippen molar-refractivity contribution in [3.8, 4) is 0 Å². The van der Waals surface area contributed by atoms with Crippen LogP contribution >= 0.6 is 35.0 Å². The van der Waals surface area contributed by atoms with Gasteiger partial charge < -0.3 is 10.4 Å². The number of nitrogens with one attached hydrogen (secondary N) is 1. The van der Waals surface area contributed by atoms with E-state index >= 15 is 0 Å². The van der Waals surface area contributed by atoms with Crippen molar-refractivity contribution in [2.45, 2.75) is 42.8 Å². The van der Waals surface area contributed by atoms with Crippen LogP contribution in [-0.2, 0) is 9.59 Å². The van der Waals surface area contributed by atoms with Crippen molar-refractivity contribution in [1.29, 1.82) is 0 Å². The predicted octanol–water partition coefficient (Wildman–Crippen LogP) is 4.24. The third-order valence-electron chi connectivity index (χ3n) is 2.93. The van der Waals surface area contributed by atoms with Gasteiger partial charge in [-0.2, -0.15) is 0 Å². The van der Waals surface area contributed by atoms with Gasteiger partial charge in [-0.15, -0.1) is 11.8 Å². The Morgan fingerprint density at radius 2 is 2.00 bits per heavy atom. The molecule has 7 heteroatoms. The van der Waals surface area contributed by atoms with Crippen LogP contribution in [0.5, 0.6) is 0 Å². The maximum Gasteiger partial charge on any atom is 0.303 e. The molecular formula is C15H19Cl2NO3S. The molecule has 0 fully saturated rings. The van der Waals surface area contributed by atoms with Crippen LogP contribution < -0.4 is 5.32 Å². The van der Waals surface area contributed by atoms with Gasteiger partial charge in [-0.3, -0.25) is 9.59 Å². The first kappa shape index (κ1) is 19.1. The number of carboxylic acid groups (broad SMARTS) is 1. The lowest BCUT2D eigenvalue weighted by atomic mass is 10.2. The summed E-state index contributed by atoms with van der Waals surface area (Å²) < 4.78 is 0. The van der Waals surface area contributed by atoms with Crippen LogP contribution in [0.15, 0.2) is 23.1 Å². The number of hydrogen-bond donors (Lipinski definition) is 2. The Morgan fingerprint density at radius 3 is 2.68 bits per heavy atom. The first-order valence-corrected chi connectivity index (χ1v) is 8.65. The Kier molecular flexibility index (Phi) is 8.68. The highest BCUT2D eigenvalue weighted by atomic mass is 35.5. The molecule has 1 unspecified atom stereocenters. The molecule has 4 nitrogen and oxygen atoms in total. The second-order valence-electron chi connectivity index (χ2n) is 4.83. The largest absolute Gasteiger partial charge is 0.481 e. The molecule has 0 radical (unpaired) electrons. The Morgan fingerprint density at radius 1 is 1.27 bits per heavy atom. The van der Waals surface area contributed by atoms with Gasteiger partial charge in [0, 0.05) is 22.9 Å². The Labute approximate surface area is 144 Å². The van der Waals surface area contributed by atoms with E-state index in [9.17, 15) is 9.59 Å². The SMILES string of the molecule is CC(Sc1cc(Cl)ccc1Cl)C(=O)NCCCCCC(=O)O. The molecule has 1 atom stereocenters. The average Bonchev–Trinajstić information content (AvgIpc) is 2.45. The van der Waals surface area contributed by atoms with Crippen LogP contribution in [0.2, 0.25) is 10.0 Å². The number of aliphatic carboxylic acids is 1. The molecule has 0 saturated carbocycles. The van der Waals surface area contributed by atoms with Gasteiger partial charge in [-0.1, -0.05) is 29.6 Å². The van der Waals surface area contributed by atoms with Crippen molar-refractivity contribution in [2.75, 3.05) is 6.54 Å². The van der Waals surface area contributed by atoms with Crippen molar-refractivity contribution >= 4 is 46.8 Å². The van der Waals surface area contributed by atoms with E-state index in [1.165, 1.54) is 11.8 Å². The van der Waals surface area contributed by atoms with Crippen LogP contribution in [-0.4, -0.2) is 28.8 Å². The predicted molar refractivity (Wildman–Crippen MR) is 90.9 cm³/mol. The summed E-state index contributed by atoms with van der Waals surface area (Å²) in [6.45, 7) is 2.36. The summed E-state index contributed by atoms with van der Waals surface area (Å²) in [6.07, 6.45) is 2.36. The maximum atomic E-state index is 12.0. The highest BCUT2D eigenvalue weighted by molar-refractivity contribution is 8.00. The first-order valence-electron chi connectivity index (χ1n) is 7.01. The van der Waals surface area contributed by atoms with Gasteiger partial charge in [-0.25, -0.2) is 0 Å². The summed E-state index contributed by atoms with van der Waals surface area (Å²) in [6, 6.07) is 5.15. The number of carboxylic acids is 1. The van der Waals surface area contributed by atoms with Gasteiger partial charge in [0.1, 0.15) is 0 Å². The Bertz CT molecular complexity index is 526. The smallest absolute Gasteiger partial charge is 0.303 e. The minimum Gasteiger partial charge on any atom is -0.481 e. The van der Waals surface area contributed by atoms with E-state index in [1.54, 1.807) is 18.2 Å². The zero-order valence-electron chi connectivity index (χ0n) is 12.3. The number of rotatable bonds is 9. The lowest BCUT2D eigenvalue weighted by molar-refractivity contribution is -0.137. The monoisotopic (exact) mass is 363 g/mol. The van der Waals surface area contributed by atoms with Crippen molar-refractivity contribution in [2.24, 2.45) is 0 Å². The first-order chi connectivity index (χ1) is 10.4. The molecule has 0 aliphatic rings. The van der Waals surface area contributed by atoms with E-state index in [4.69, 9.17) is 28.3 Å². The normalized spacial score (nSPS) is 12.0. The van der Waals surface area contributed by atoms with E-state index < -0.39 is 5.97 Å². The van der Waals surface area contributed by atoms with Gasteiger partial charge in [0.25, 0.3) is 0 Å². The summed E-state index contributed by atoms with van der Waals surface area (Å²) in [5, 5.41) is 12.2. The van der Waals surface area contributed by atoms with Crippen molar-refractivity contribution in [1.82, 2.24) is 5.32 Å². The molecule has 0 heterocycles. The highest BCUT2D eigenvalue weighted by Crippen LogP contribution is 2.32. The molecule has 22 heavy (non-hydrogen) atoms. The van der Waals surface area contributed by atoms with Gasteiger partial charge in [-0.05, 0) is 38.0 Å². The zero-order valence-corrected chi connectivity index (χ0v) is 14.6. The second kappa shape index (κ2) is 9.98. The number of amides is 1. The van der Waals surface area contributed by atoms with Crippen LogP contribution in [0, 0.1) is 0 Å². The Hall–Kier alpha value is -0.910. The zero-order chi connectivity index (χ0) is 16.5. The second-order valence-corrected chi connectivity index (χ2v) is 7.06. The number of carbonyl (C=O) groups excluding carboxylic acids is 1. The summed E-state index contributed by atoms with van der Waals surface area (Å²) in [5.41, 5.74) is 0. The summed E-state index contributed by atoms with van der Waals surface area (Å²) in [4.78, 5) is 23.1. The number of carbonyl (C=O) groups is 2. The molecular weight excluding hydrogens is 345 g/mol. The molecule has 1 amide bonds. The maximum absolute atomic E-state index is 12.0.